The van der Waals surface area contributed by atoms with Crippen molar-refractivity contribution < 1.29 is 8.42 Å². The maximum Gasteiger partial charge on any atom is 0.312 e. The summed E-state index contributed by atoms with van der Waals surface area (Å²) in [5, 5.41) is 0. The Bertz CT molecular complexity index is 459. The maximum absolute atomic E-state index is 10.3. The van der Waals surface area contributed by atoms with Gasteiger partial charge in [0.2, 0.25) is 0 Å². The fraction of sp³-hybridized carbons (Fsp3) is 0.333. The molecule has 14 heavy (non-hydrogen) atoms. The summed E-state index contributed by atoms with van der Waals surface area (Å²) >= 11 is 0. The number of hydrogen-bond donors (Lipinski definition) is 0. The highest BCUT2D eigenvalue weighted by atomic mass is 32.2. The maximum atomic E-state index is 10.3. The fourth-order valence-electron chi connectivity index (χ4n) is 1.67. The highest BCUT2D eigenvalue weighted by Crippen LogP contribution is 2.26. The Morgan fingerprint density at radius 2 is 2.14 bits per heavy atom. The highest BCUT2D eigenvalue weighted by Gasteiger charge is 2.17. The van der Waals surface area contributed by atoms with Crippen molar-refractivity contribution in [1.29, 1.82) is 0 Å². The predicted molar refractivity (Wildman–Crippen MR) is 53.7 cm³/mol. The van der Waals surface area contributed by atoms with Crippen LogP contribution in [0.15, 0.2) is 28.6 Å². The van der Waals surface area contributed by atoms with E-state index in [2.05, 4.69) is 10.4 Å². The normalized spacial score (nSPS) is 13.9. The van der Waals surface area contributed by atoms with Gasteiger partial charge < -0.3 is 4.90 Å². The summed E-state index contributed by atoms with van der Waals surface area (Å²) in [6, 6.07) is 7.99. The predicted octanol–water partition coefficient (Wildman–Crippen LogP) is 1.07. The van der Waals surface area contributed by atoms with Gasteiger partial charge >= 0.3 is 10.5 Å². The summed E-state index contributed by atoms with van der Waals surface area (Å²) in [5.41, 5.74) is 2.36. The van der Waals surface area contributed by atoms with E-state index in [0.29, 0.717) is 0 Å². The van der Waals surface area contributed by atoms with E-state index in [-0.39, 0.29) is 6.67 Å². The number of nitrogens with zero attached hydrogens (tertiary/aromatic N) is 2. The van der Waals surface area contributed by atoms with Crippen LogP contribution in [0.5, 0.6) is 0 Å². The molecule has 0 radical (unpaired) electrons. The lowest BCUT2D eigenvalue weighted by atomic mass is 10.2. The molecule has 5 heteroatoms. The number of hydrogen-bond acceptors (Lipinski definition) is 4. The third-order valence-electron chi connectivity index (χ3n) is 2.32. The van der Waals surface area contributed by atoms with Crippen molar-refractivity contribution in [2.75, 3.05) is 18.1 Å². The quantitative estimate of drug-likeness (QED) is 0.733. The lowest BCUT2D eigenvalue weighted by Crippen LogP contribution is -2.19. The molecule has 0 atom stereocenters. The van der Waals surface area contributed by atoms with Crippen LogP contribution in [-0.4, -0.2) is 21.6 Å². The Labute approximate surface area is 83.9 Å². The third-order valence-corrected chi connectivity index (χ3v) is 2.64. The summed E-state index contributed by atoms with van der Waals surface area (Å²) in [7, 11) is -2.31. The molecule has 0 aliphatic carbocycles. The van der Waals surface area contributed by atoms with E-state index in [0.717, 1.165) is 18.7 Å². The first-order valence-corrected chi connectivity index (χ1v) is 5.40. The fourth-order valence-corrected chi connectivity index (χ4v) is 1.90. The van der Waals surface area contributed by atoms with Crippen LogP contribution in [0.3, 0.4) is 0 Å². The molecule has 0 amide bonds. The average molecular weight is 210 g/mol. The number of anilines is 1. The van der Waals surface area contributed by atoms with Gasteiger partial charge in [0.15, 0.2) is 0 Å². The first-order valence-electron chi connectivity index (χ1n) is 4.37. The van der Waals surface area contributed by atoms with E-state index in [1.807, 2.05) is 23.1 Å². The van der Waals surface area contributed by atoms with Crippen molar-refractivity contribution in [3.63, 3.8) is 0 Å². The number of fused-ring (bicyclic) bond motifs is 1. The lowest BCUT2D eigenvalue weighted by Gasteiger charge is -2.14. The van der Waals surface area contributed by atoms with E-state index >= 15 is 0 Å². The molecule has 0 aromatic heterocycles. The van der Waals surface area contributed by atoms with Crippen molar-refractivity contribution in [2.24, 2.45) is 4.36 Å². The summed E-state index contributed by atoms with van der Waals surface area (Å²) in [4.78, 5) is 1.96. The van der Waals surface area contributed by atoms with E-state index in [9.17, 15) is 8.42 Å². The monoisotopic (exact) mass is 210 g/mol. The molecule has 0 saturated carbocycles. The molecule has 1 aliphatic heterocycles. The SMILES string of the molecule is O=S(=O)=NCN1CCc2ccccc21. The molecule has 0 spiro atoms. The first-order chi connectivity index (χ1) is 6.77. The topological polar surface area (TPSA) is 49.7 Å². The molecule has 0 bridgehead atoms. The molecule has 0 unspecified atom stereocenters. The molecule has 0 N–H and O–H groups in total. The van der Waals surface area contributed by atoms with E-state index < -0.39 is 10.5 Å². The van der Waals surface area contributed by atoms with Gasteiger partial charge in [0, 0.05) is 12.2 Å². The largest absolute Gasteiger partial charge is 0.351 e. The van der Waals surface area contributed by atoms with Crippen LogP contribution in [0, 0.1) is 0 Å². The molecule has 0 saturated heterocycles. The average Bonchev–Trinajstić information content (AvgIpc) is 2.58. The summed E-state index contributed by atoms with van der Waals surface area (Å²) in [5.74, 6) is 0. The van der Waals surface area contributed by atoms with Crippen LogP contribution in [-0.2, 0) is 16.9 Å². The molecular weight excluding hydrogens is 200 g/mol. The van der Waals surface area contributed by atoms with Crippen molar-refractivity contribution in [1.82, 2.24) is 0 Å². The Hall–Kier alpha value is -1.36. The molecule has 1 aromatic rings. The standard InChI is InChI=1S/C9H10N2O2S/c12-14(13)10-7-11-6-5-8-3-1-2-4-9(8)11/h1-4H,5-7H2. The number of benzene rings is 1. The van der Waals surface area contributed by atoms with Crippen LogP contribution in [0.1, 0.15) is 5.56 Å². The Kier molecular flexibility index (Phi) is 2.49. The first kappa shape index (κ1) is 9.21. The van der Waals surface area contributed by atoms with Crippen LogP contribution in [0.2, 0.25) is 0 Å². The van der Waals surface area contributed by atoms with Gasteiger partial charge in [0.1, 0.15) is 6.67 Å². The van der Waals surface area contributed by atoms with Gasteiger partial charge in [-0.1, -0.05) is 18.2 Å². The van der Waals surface area contributed by atoms with E-state index in [4.69, 9.17) is 0 Å². The molecule has 1 heterocycles. The van der Waals surface area contributed by atoms with E-state index in [1.165, 1.54) is 5.56 Å². The van der Waals surface area contributed by atoms with Gasteiger partial charge in [-0.15, -0.1) is 4.36 Å². The summed E-state index contributed by atoms with van der Waals surface area (Å²) < 4.78 is 24.0. The molecule has 1 aliphatic rings. The minimum Gasteiger partial charge on any atom is -0.351 e. The van der Waals surface area contributed by atoms with Crippen LogP contribution in [0.4, 0.5) is 5.69 Å². The molecule has 74 valence electrons. The Morgan fingerprint density at radius 3 is 2.93 bits per heavy atom. The Morgan fingerprint density at radius 1 is 1.36 bits per heavy atom. The molecular formula is C9H10N2O2S. The number of para-hydroxylation sites is 1. The van der Waals surface area contributed by atoms with E-state index in [1.54, 1.807) is 0 Å². The van der Waals surface area contributed by atoms with Crippen molar-refractivity contribution in [3.05, 3.63) is 29.8 Å². The van der Waals surface area contributed by atoms with Gasteiger partial charge in [-0.25, -0.2) is 0 Å². The van der Waals surface area contributed by atoms with Gasteiger partial charge in [-0.3, -0.25) is 0 Å². The zero-order valence-electron chi connectivity index (χ0n) is 7.55. The second-order valence-electron chi connectivity index (χ2n) is 3.13. The smallest absolute Gasteiger partial charge is 0.312 e. The second kappa shape index (κ2) is 3.79. The van der Waals surface area contributed by atoms with Crippen molar-refractivity contribution in [3.8, 4) is 0 Å². The van der Waals surface area contributed by atoms with Gasteiger partial charge in [-0.05, 0) is 18.1 Å². The van der Waals surface area contributed by atoms with Gasteiger partial charge in [0.05, 0.1) is 0 Å². The minimum absolute atomic E-state index is 0.229. The summed E-state index contributed by atoms with van der Waals surface area (Å²) in [6.07, 6.45) is 0.969. The lowest BCUT2D eigenvalue weighted by molar-refractivity contribution is 0.619. The van der Waals surface area contributed by atoms with Crippen LogP contribution >= 0.6 is 0 Å². The molecule has 2 rings (SSSR count). The number of rotatable bonds is 2. The van der Waals surface area contributed by atoms with Crippen LogP contribution in [0.25, 0.3) is 0 Å². The van der Waals surface area contributed by atoms with Crippen LogP contribution < -0.4 is 4.90 Å². The summed E-state index contributed by atoms with van der Waals surface area (Å²) in [6.45, 7) is 1.08. The molecule has 4 nitrogen and oxygen atoms in total. The zero-order chi connectivity index (χ0) is 9.97. The second-order valence-corrected chi connectivity index (χ2v) is 3.82. The third kappa shape index (κ3) is 1.77. The zero-order valence-corrected chi connectivity index (χ0v) is 8.37. The van der Waals surface area contributed by atoms with Gasteiger partial charge in [-0.2, -0.15) is 8.42 Å². The Balaban J connectivity index is 2.22. The molecule has 1 aromatic carbocycles. The van der Waals surface area contributed by atoms with Crippen molar-refractivity contribution >= 4 is 16.2 Å². The minimum atomic E-state index is -2.31. The van der Waals surface area contributed by atoms with Gasteiger partial charge in [0.25, 0.3) is 0 Å². The highest BCUT2D eigenvalue weighted by molar-refractivity contribution is 7.61. The van der Waals surface area contributed by atoms with Crippen molar-refractivity contribution in [2.45, 2.75) is 6.42 Å². The molecule has 0 fully saturated rings.